The van der Waals surface area contributed by atoms with Gasteiger partial charge in [-0.15, -0.1) is 0 Å². The van der Waals surface area contributed by atoms with Crippen molar-refractivity contribution < 1.29 is 0 Å². The molecule has 1 aromatic heterocycles. The average molecular weight is 318 g/mol. The molecule has 6 heteroatoms. The third-order valence-electron chi connectivity index (χ3n) is 3.74. The van der Waals surface area contributed by atoms with Crippen molar-refractivity contribution in [1.82, 2.24) is 9.78 Å². The minimum absolute atomic E-state index is 0.168. The fourth-order valence-electron chi connectivity index (χ4n) is 2.08. The van der Waals surface area contributed by atoms with E-state index in [0.29, 0.717) is 12.2 Å². The lowest BCUT2D eigenvalue weighted by Crippen LogP contribution is -2.33. The summed E-state index contributed by atoms with van der Waals surface area (Å²) >= 11 is 8.00. The van der Waals surface area contributed by atoms with Crippen LogP contribution >= 0.6 is 23.4 Å². The Hall–Kier alpha value is -0.680. The summed E-state index contributed by atoms with van der Waals surface area (Å²) in [5.41, 5.74) is 0.408. The molecule has 1 aromatic rings. The number of nitrogens with one attached hydrogen (secondary N) is 1. The maximum absolute atomic E-state index is 12.0. The summed E-state index contributed by atoms with van der Waals surface area (Å²) in [7, 11) is 0. The van der Waals surface area contributed by atoms with Gasteiger partial charge in [-0.2, -0.15) is 16.9 Å². The van der Waals surface area contributed by atoms with Gasteiger partial charge in [-0.25, -0.2) is 4.68 Å². The molecule has 0 spiro atoms. The Morgan fingerprint density at radius 3 is 2.55 bits per heavy atom. The molecule has 0 fully saturated rings. The highest BCUT2D eigenvalue weighted by molar-refractivity contribution is 8.00. The lowest BCUT2D eigenvalue weighted by Gasteiger charge is -2.30. The molecule has 114 valence electrons. The number of thioether (sulfide) groups is 1. The van der Waals surface area contributed by atoms with Gasteiger partial charge in [-0.1, -0.05) is 32.4 Å². The van der Waals surface area contributed by atoms with Crippen LogP contribution in [0, 0.1) is 0 Å². The van der Waals surface area contributed by atoms with Gasteiger partial charge in [0.25, 0.3) is 5.56 Å². The standard InChI is InChI=1S/C14H24ClN3OS/c1-5-8-18-13(19)12(15)11(9-17-18)16-10-14(6-2,7-3)20-4/h9,16H,5-8,10H2,1-4H3. The Morgan fingerprint density at radius 2 is 2.05 bits per heavy atom. The second-order valence-corrected chi connectivity index (χ2v) is 6.50. The quantitative estimate of drug-likeness (QED) is 0.795. The molecule has 0 aliphatic rings. The summed E-state index contributed by atoms with van der Waals surface area (Å²) in [6.07, 6.45) is 6.76. The third-order valence-corrected chi connectivity index (χ3v) is 5.70. The van der Waals surface area contributed by atoms with E-state index in [0.717, 1.165) is 25.8 Å². The summed E-state index contributed by atoms with van der Waals surface area (Å²) in [5, 5.41) is 7.68. The molecule has 0 saturated heterocycles. The van der Waals surface area contributed by atoms with Gasteiger partial charge in [0.15, 0.2) is 0 Å². The first-order chi connectivity index (χ1) is 9.53. The van der Waals surface area contributed by atoms with Gasteiger partial charge < -0.3 is 5.32 Å². The van der Waals surface area contributed by atoms with E-state index in [4.69, 9.17) is 11.6 Å². The molecular weight excluding hydrogens is 294 g/mol. The molecule has 4 nitrogen and oxygen atoms in total. The average Bonchev–Trinajstić information content (AvgIpc) is 2.48. The van der Waals surface area contributed by atoms with E-state index in [2.05, 4.69) is 30.5 Å². The predicted octanol–water partition coefficient (Wildman–Crippen LogP) is 3.64. The van der Waals surface area contributed by atoms with Crippen LogP contribution in [-0.4, -0.2) is 27.3 Å². The van der Waals surface area contributed by atoms with Crippen molar-refractivity contribution in [1.29, 1.82) is 0 Å². The van der Waals surface area contributed by atoms with Crippen LogP contribution in [-0.2, 0) is 6.54 Å². The molecule has 0 unspecified atom stereocenters. The Balaban J connectivity index is 2.89. The molecule has 1 N–H and O–H groups in total. The summed E-state index contributed by atoms with van der Waals surface area (Å²) in [6.45, 7) is 7.74. The largest absolute Gasteiger partial charge is 0.381 e. The van der Waals surface area contributed by atoms with E-state index in [1.807, 2.05) is 18.7 Å². The molecule has 0 radical (unpaired) electrons. The van der Waals surface area contributed by atoms with Crippen LogP contribution in [0.1, 0.15) is 40.0 Å². The molecule has 1 heterocycles. The Kier molecular flexibility index (Phi) is 6.89. The van der Waals surface area contributed by atoms with Crippen LogP contribution in [0.5, 0.6) is 0 Å². The molecule has 0 aliphatic heterocycles. The van der Waals surface area contributed by atoms with Gasteiger partial charge in [0, 0.05) is 17.8 Å². The van der Waals surface area contributed by atoms with Gasteiger partial charge in [0.1, 0.15) is 5.02 Å². The molecule has 1 rings (SSSR count). The number of hydrogen-bond acceptors (Lipinski definition) is 4. The number of aryl methyl sites for hydroxylation is 1. The number of anilines is 1. The van der Waals surface area contributed by atoms with Crippen molar-refractivity contribution in [3.8, 4) is 0 Å². The van der Waals surface area contributed by atoms with Crippen molar-refractivity contribution in [3.05, 3.63) is 21.6 Å². The lowest BCUT2D eigenvalue weighted by atomic mass is 10.0. The van der Waals surface area contributed by atoms with Crippen molar-refractivity contribution in [2.75, 3.05) is 18.1 Å². The van der Waals surface area contributed by atoms with Crippen molar-refractivity contribution in [3.63, 3.8) is 0 Å². The van der Waals surface area contributed by atoms with E-state index in [1.165, 1.54) is 4.68 Å². The first-order valence-electron chi connectivity index (χ1n) is 7.08. The maximum Gasteiger partial charge on any atom is 0.287 e. The van der Waals surface area contributed by atoms with Gasteiger partial charge in [-0.3, -0.25) is 4.79 Å². The van der Waals surface area contributed by atoms with Crippen LogP contribution in [0.4, 0.5) is 5.69 Å². The molecule has 20 heavy (non-hydrogen) atoms. The Morgan fingerprint density at radius 1 is 1.40 bits per heavy atom. The first kappa shape index (κ1) is 17.4. The molecule has 0 atom stereocenters. The molecular formula is C14H24ClN3OS. The van der Waals surface area contributed by atoms with Gasteiger partial charge in [0.05, 0.1) is 11.9 Å². The van der Waals surface area contributed by atoms with Gasteiger partial charge >= 0.3 is 0 Å². The summed E-state index contributed by atoms with van der Waals surface area (Å²) < 4.78 is 1.58. The highest BCUT2D eigenvalue weighted by Crippen LogP contribution is 2.31. The fourth-order valence-corrected chi connectivity index (χ4v) is 3.08. The third kappa shape index (κ3) is 3.92. The highest BCUT2D eigenvalue weighted by Gasteiger charge is 2.25. The number of halogens is 1. The SMILES string of the molecule is CCCn1ncc(NCC(CC)(CC)SC)c(Cl)c1=O. The lowest BCUT2D eigenvalue weighted by molar-refractivity contribution is 0.563. The first-order valence-corrected chi connectivity index (χ1v) is 8.68. The van der Waals surface area contributed by atoms with Gasteiger partial charge in [-0.05, 0) is 25.5 Å². The normalized spacial score (nSPS) is 11.7. The van der Waals surface area contributed by atoms with Gasteiger partial charge in [0.2, 0.25) is 0 Å². The second-order valence-electron chi connectivity index (χ2n) is 4.85. The minimum Gasteiger partial charge on any atom is -0.381 e. The minimum atomic E-state index is -0.221. The van der Waals surface area contributed by atoms with Crippen molar-refractivity contribution in [2.24, 2.45) is 0 Å². The zero-order chi connectivity index (χ0) is 15.2. The summed E-state index contributed by atoms with van der Waals surface area (Å²) in [4.78, 5) is 12.0. The van der Waals surface area contributed by atoms with Crippen LogP contribution < -0.4 is 10.9 Å². The molecule has 0 aromatic carbocycles. The number of hydrogen-bond donors (Lipinski definition) is 1. The second kappa shape index (κ2) is 7.93. The van der Waals surface area contributed by atoms with E-state index >= 15 is 0 Å². The van der Waals surface area contributed by atoms with E-state index in [1.54, 1.807) is 6.20 Å². The monoisotopic (exact) mass is 317 g/mol. The topological polar surface area (TPSA) is 46.9 Å². The summed E-state index contributed by atoms with van der Waals surface area (Å²) in [5.74, 6) is 0. The maximum atomic E-state index is 12.0. The molecule has 0 saturated carbocycles. The smallest absolute Gasteiger partial charge is 0.287 e. The van der Waals surface area contributed by atoms with Crippen LogP contribution in [0.15, 0.2) is 11.0 Å². The molecule has 0 aliphatic carbocycles. The summed E-state index contributed by atoms with van der Waals surface area (Å²) in [6, 6.07) is 0. The Labute approximate surface area is 130 Å². The highest BCUT2D eigenvalue weighted by atomic mass is 35.5. The van der Waals surface area contributed by atoms with E-state index in [-0.39, 0.29) is 15.3 Å². The number of aromatic nitrogens is 2. The van der Waals surface area contributed by atoms with Crippen LogP contribution in [0.3, 0.4) is 0 Å². The zero-order valence-corrected chi connectivity index (χ0v) is 14.3. The molecule has 0 amide bonds. The fraction of sp³-hybridized carbons (Fsp3) is 0.714. The molecule has 0 bridgehead atoms. The van der Waals surface area contributed by atoms with E-state index in [9.17, 15) is 4.79 Å². The Bertz CT molecular complexity index is 478. The number of nitrogens with zero attached hydrogens (tertiary/aromatic N) is 2. The van der Waals surface area contributed by atoms with E-state index < -0.39 is 0 Å². The number of rotatable bonds is 8. The van der Waals surface area contributed by atoms with Crippen LogP contribution in [0.2, 0.25) is 5.02 Å². The predicted molar refractivity (Wildman–Crippen MR) is 89.1 cm³/mol. The van der Waals surface area contributed by atoms with Crippen molar-refractivity contribution >= 4 is 29.1 Å². The van der Waals surface area contributed by atoms with Crippen LogP contribution in [0.25, 0.3) is 0 Å². The van der Waals surface area contributed by atoms with Crippen molar-refractivity contribution in [2.45, 2.75) is 51.3 Å². The zero-order valence-electron chi connectivity index (χ0n) is 12.7.